The highest BCUT2D eigenvalue weighted by molar-refractivity contribution is 5.87. The molecule has 0 bridgehead atoms. The van der Waals surface area contributed by atoms with Gasteiger partial charge < -0.3 is 4.74 Å². The quantitative estimate of drug-likeness (QED) is 0.652. The summed E-state index contributed by atoms with van der Waals surface area (Å²) in [6.07, 6.45) is 12.6. The van der Waals surface area contributed by atoms with Crippen LogP contribution in [-0.4, -0.2) is 18.9 Å². The van der Waals surface area contributed by atoms with E-state index in [1.54, 1.807) is 0 Å². The Morgan fingerprint density at radius 3 is 2.65 bits per heavy atom. The minimum absolute atomic E-state index is 0.131. The van der Waals surface area contributed by atoms with Crippen molar-refractivity contribution in [1.82, 2.24) is 0 Å². The molecule has 7 unspecified atom stereocenters. The molecule has 0 N–H and O–H groups in total. The molecule has 0 aromatic heterocycles. The fraction of sp³-hybridized carbons (Fsp3) is 0.913. The van der Waals surface area contributed by atoms with Gasteiger partial charge in [0.2, 0.25) is 0 Å². The molecule has 7 atom stereocenters. The molecule has 0 aromatic carbocycles. The maximum Gasteiger partial charge on any atom is 0.305 e. The Morgan fingerprint density at radius 2 is 1.88 bits per heavy atom. The number of ether oxygens (including phenoxy) is 1. The zero-order valence-corrected chi connectivity index (χ0v) is 16.9. The number of Topliss-reactive ketones (excluding diaryl/α,β-unsaturated/α-hetero) is 1. The molecular formula is C23H36O3. The Bertz CT molecular complexity index is 584. The molecule has 0 heterocycles. The van der Waals surface area contributed by atoms with Crippen LogP contribution in [0.5, 0.6) is 0 Å². The highest BCUT2D eigenvalue weighted by Crippen LogP contribution is 2.66. The van der Waals surface area contributed by atoms with Crippen molar-refractivity contribution in [1.29, 1.82) is 0 Å². The summed E-state index contributed by atoms with van der Waals surface area (Å²) < 4.78 is 4.84. The van der Waals surface area contributed by atoms with E-state index in [1.807, 2.05) is 0 Å². The molecule has 4 aliphatic rings. The van der Waals surface area contributed by atoms with Gasteiger partial charge in [-0.1, -0.05) is 26.7 Å². The van der Waals surface area contributed by atoms with E-state index in [4.69, 9.17) is 4.74 Å². The molecule has 0 spiro atoms. The van der Waals surface area contributed by atoms with Gasteiger partial charge in [0.25, 0.3) is 0 Å². The van der Waals surface area contributed by atoms with E-state index in [0.29, 0.717) is 35.4 Å². The van der Waals surface area contributed by atoms with Crippen LogP contribution in [0.2, 0.25) is 0 Å². The number of carbonyl (C=O) groups excluding carboxylic acids is 2. The van der Waals surface area contributed by atoms with Crippen molar-refractivity contribution < 1.29 is 14.3 Å². The second kappa shape index (κ2) is 6.63. The summed E-state index contributed by atoms with van der Waals surface area (Å²) in [5.41, 5.74) is 0.218. The molecule has 0 aromatic rings. The van der Waals surface area contributed by atoms with Crippen molar-refractivity contribution in [3.05, 3.63) is 0 Å². The van der Waals surface area contributed by atoms with Crippen LogP contribution in [0.1, 0.15) is 84.5 Å². The summed E-state index contributed by atoms with van der Waals surface area (Å²) in [6, 6.07) is 0. The molecule has 0 aliphatic heterocycles. The number of methoxy groups -OCH3 is 1. The Balaban J connectivity index is 1.57. The van der Waals surface area contributed by atoms with Crippen LogP contribution < -0.4 is 0 Å². The van der Waals surface area contributed by atoms with Gasteiger partial charge >= 0.3 is 5.97 Å². The van der Waals surface area contributed by atoms with Gasteiger partial charge in [-0.3, -0.25) is 9.59 Å². The number of ketones is 1. The van der Waals surface area contributed by atoms with Crippen molar-refractivity contribution >= 4 is 11.8 Å². The third kappa shape index (κ3) is 2.59. The first-order valence-corrected chi connectivity index (χ1v) is 11.0. The molecule has 3 nitrogen and oxygen atoms in total. The van der Waals surface area contributed by atoms with Gasteiger partial charge in [-0.15, -0.1) is 0 Å². The number of esters is 1. The fourth-order valence-corrected chi connectivity index (χ4v) is 7.98. The maximum atomic E-state index is 13.5. The second-order valence-electron chi connectivity index (χ2n) is 10.2. The number of rotatable bonds is 3. The van der Waals surface area contributed by atoms with Crippen molar-refractivity contribution in [2.24, 2.45) is 40.4 Å². The largest absolute Gasteiger partial charge is 0.469 e. The van der Waals surface area contributed by atoms with Crippen LogP contribution in [0, 0.1) is 40.4 Å². The fourth-order valence-electron chi connectivity index (χ4n) is 7.98. The Kier molecular flexibility index (Phi) is 4.72. The summed E-state index contributed by atoms with van der Waals surface area (Å²) >= 11 is 0. The first kappa shape index (κ1) is 18.5. The van der Waals surface area contributed by atoms with Crippen molar-refractivity contribution in [3.63, 3.8) is 0 Å². The number of hydrogen-bond acceptors (Lipinski definition) is 3. The predicted octanol–water partition coefficient (Wildman–Crippen LogP) is 5.17. The van der Waals surface area contributed by atoms with Crippen molar-refractivity contribution in [3.8, 4) is 0 Å². The number of hydrogen-bond donors (Lipinski definition) is 0. The molecule has 4 aliphatic carbocycles. The Morgan fingerprint density at radius 1 is 1.08 bits per heavy atom. The summed E-state index contributed by atoms with van der Waals surface area (Å²) in [4.78, 5) is 25.1. The van der Waals surface area contributed by atoms with E-state index in [1.165, 1.54) is 52.1 Å². The van der Waals surface area contributed by atoms with Crippen LogP contribution in [-0.2, 0) is 14.3 Å². The van der Waals surface area contributed by atoms with Gasteiger partial charge in [0.05, 0.1) is 7.11 Å². The normalized spacial score (nSPS) is 47.7. The zero-order valence-electron chi connectivity index (χ0n) is 16.9. The summed E-state index contributed by atoms with van der Waals surface area (Å²) in [6.45, 7) is 4.77. The molecule has 4 saturated carbocycles. The van der Waals surface area contributed by atoms with E-state index < -0.39 is 0 Å². The second-order valence-corrected chi connectivity index (χ2v) is 10.2. The standard InChI is InChI=1S/C23H36O3/c1-22-13-5-4-6-15(22)7-10-17-18-11-8-16(9-12-21(25)26-3)23(18,2)20(24)14-19(17)22/h15-19H,4-14H2,1-3H3. The van der Waals surface area contributed by atoms with Gasteiger partial charge in [0, 0.05) is 18.3 Å². The highest BCUT2D eigenvalue weighted by Gasteiger charge is 2.62. The third-order valence-electron chi connectivity index (χ3n) is 9.56. The van der Waals surface area contributed by atoms with Crippen LogP contribution >= 0.6 is 0 Å². The lowest BCUT2D eigenvalue weighted by atomic mass is 9.44. The summed E-state index contributed by atoms with van der Waals surface area (Å²) in [7, 11) is 1.46. The van der Waals surface area contributed by atoms with Gasteiger partial charge in [-0.05, 0) is 80.0 Å². The third-order valence-corrected chi connectivity index (χ3v) is 9.56. The topological polar surface area (TPSA) is 43.4 Å². The van der Waals surface area contributed by atoms with Crippen LogP contribution in [0.4, 0.5) is 0 Å². The minimum atomic E-state index is -0.187. The lowest BCUT2D eigenvalue weighted by molar-refractivity contribution is -0.156. The molecule has 0 amide bonds. The summed E-state index contributed by atoms with van der Waals surface area (Å²) in [5, 5.41) is 0. The smallest absolute Gasteiger partial charge is 0.305 e. The molecule has 26 heavy (non-hydrogen) atoms. The Labute approximate surface area is 158 Å². The van der Waals surface area contributed by atoms with Gasteiger partial charge in [0.15, 0.2) is 0 Å². The van der Waals surface area contributed by atoms with E-state index in [-0.39, 0.29) is 11.4 Å². The maximum absolute atomic E-state index is 13.5. The first-order valence-electron chi connectivity index (χ1n) is 11.0. The highest BCUT2D eigenvalue weighted by atomic mass is 16.5. The SMILES string of the molecule is COC(=O)CCC1CCC2C3CCC4CCCCC4(C)C3CC(=O)C12C. The van der Waals surface area contributed by atoms with Gasteiger partial charge in [-0.2, -0.15) is 0 Å². The average molecular weight is 361 g/mol. The average Bonchev–Trinajstić information content (AvgIpc) is 2.98. The van der Waals surface area contributed by atoms with E-state index in [2.05, 4.69) is 13.8 Å². The minimum Gasteiger partial charge on any atom is -0.469 e. The lowest BCUT2D eigenvalue weighted by Crippen LogP contribution is -2.56. The molecule has 0 saturated heterocycles. The lowest BCUT2D eigenvalue weighted by Gasteiger charge is -2.59. The first-order chi connectivity index (χ1) is 12.4. The van der Waals surface area contributed by atoms with Gasteiger partial charge in [-0.25, -0.2) is 0 Å². The number of fused-ring (bicyclic) bond motifs is 5. The van der Waals surface area contributed by atoms with Crippen LogP contribution in [0.3, 0.4) is 0 Å². The number of carbonyl (C=O) groups is 2. The monoisotopic (exact) mass is 360 g/mol. The van der Waals surface area contributed by atoms with Crippen LogP contribution in [0.15, 0.2) is 0 Å². The summed E-state index contributed by atoms with van der Waals surface area (Å²) in [5.74, 6) is 3.52. The van der Waals surface area contributed by atoms with E-state index in [0.717, 1.165) is 31.1 Å². The van der Waals surface area contributed by atoms with Crippen LogP contribution in [0.25, 0.3) is 0 Å². The molecular weight excluding hydrogens is 324 g/mol. The molecule has 4 fully saturated rings. The predicted molar refractivity (Wildman–Crippen MR) is 101 cm³/mol. The zero-order chi connectivity index (χ0) is 18.5. The molecule has 146 valence electrons. The molecule has 0 radical (unpaired) electrons. The van der Waals surface area contributed by atoms with Crippen molar-refractivity contribution in [2.75, 3.05) is 7.11 Å². The van der Waals surface area contributed by atoms with E-state index >= 15 is 0 Å². The molecule has 3 heteroatoms. The molecule has 4 rings (SSSR count). The Hall–Kier alpha value is -0.860. The van der Waals surface area contributed by atoms with Gasteiger partial charge in [0.1, 0.15) is 5.78 Å². The van der Waals surface area contributed by atoms with E-state index in [9.17, 15) is 9.59 Å². The van der Waals surface area contributed by atoms with Crippen molar-refractivity contribution in [2.45, 2.75) is 84.5 Å².